The van der Waals surface area contributed by atoms with Gasteiger partial charge in [0.15, 0.2) is 5.78 Å². The van der Waals surface area contributed by atoms with E-state index in [0.29, 0.717) is 11.8 Å². The van der Waals surface area contributed by atoms with Crippen LogP contribution in [0, 0.1) is 11.8 Å². The molecule has 3 fully saturated rings. The Morgan fingerprint density at radius 3 is 2.33 bits per heavy atom. The number of pyridine rings is 1. The van der Waals surface area contributed by atoms with Gasteiger partial charge in [-0.2, -0.15) is 0 Å². The summed E-state index contributed by atoms with van der Waals surface area (Å²) in [6, 6.07) is 15.7. The zero-order valence-electron chi connectivity index (χ0n) is 13.7. The highest BCUT2D eigenvalue weighted by Crippen LogP contribution is 2.37. The quantitative estimate of drug-likeness (QED) is 0.722. The summed E-state index contributed by atoms with van der Waals surface area (Å²) in [5.41, 5.74) is 1.76. The average Bonchev–Trinajstić information content (AvgIpc) is 2.64. The first kappa shape index (κ1) is 17.1. The van der Waals surface area contributed by atoms with Gasteiger partial charge in [0.1, 0.15) is 0 Å². The maximum absolute atomic E-state index is 13.3. The lowest BCUT2D eigenvalue weighted by Crippen LogP contribution is -3.16. The van der Waals surface area contributed by atoms with Crippen molar-refractivity contribution in [3.63, 3.8) is 0 Å². The molecule has 0 aliphatic carbocycles. The van der Waals surface area contributed by atoms with Crippen molar-refractivity contribution in [2.45, 2.75) is 18.8 Å². The first-order chi connectivity index (χ1) is 11.3. The zero-order chi connectivity index (χ0) is 15.6. The Labute approximate surface area is 149 Å². The Kier molecular flexibility index (Phi) is 5.32. The van der Waals surface area contributed by atoms with Crippen LogP contribution in [0.5, 0.6) is 0 Å². The smallest absolute Gasteiger partial charge is 0.172 e. The predicted molar refractivity (Wildman–Crippen MR) is 89.5 cm³/mol. The molecular formula is C20H23ClN2O. The number of nitrogens with zero attached hydrogens (tertiary/aromatic N) is 1. The van der Waals surface area contributed by atoms with Crippen molar-refractivity contribution in [1.82, 2.24) is 4.98 Å². The van der Waals surface area contributed by atoms with Gasteiger partial charge in [0.2, 0.25) is 0 Å². The molecule has 0 spiro atoms. The average molecular weight is 343 g/mol. The molecule has 0 radical (unpaired) electrons. The number of hydrogen-bond acceptors (Lipinski definition) is 2. The van der Waals surface area contributed by atoms with E-state index >= 15 is 0 Å². The van der Waals surface area contributed by atoms with E-state index in [1.54, 1.807) is 4.90 Å². The number of hydrogen-bond donors (Lipinski definition) is 1. The van der Waals surface area contributed by atoms with E-state index in [0.717, 1.165) is 17.8 Å². The van der Waals surface area contributed by atoms with E-state index in [-0.39, 0.29) is 24.1 Å². The molecule has 1 aromatic heterocycles. The van der Waals surface area contributed by atoms with E-state index in [1.165, 1.54) is 25.9 Å². The summed E-state index contributed by atoms with van der Waals surface area (Å²) in [6.07, 6.45) is 4.33. The van der Waals surface area contributed by atoms with Crippen LogP contribution in [0.4, 0.5) is 0 Å². The molecule has 2 aromatic rings. The van der Waals surface area contributed by atoms with Crippen molar-refractivity contribution in [3.8, 4) is 0 Å². The number of ketones is 1. The Hall–Kier alpha value is -1.71. The second-order valence-corrected chi connectivity index (χ2v) is 6.92. The lowest BCUT2D eigenvalue weighted by molar-refractivity contribution is -0.921. The standard InChI is InChI=1S/C20H22N2O.ClH/c23-20(16-6-2-1-3-7-16)19(18-8-4-5-11-21-18)17-14-22-12-9-15(17)10-13-22;/h1-8,11,15,17,19H,9-10,12-14H2;1H. The van der Waals surface area contributed by atoms with Crippen LogP contribution in [-0.2, 0) is 0 Å². The van der Waals surface area contributed by atoms with E-state index < -0.39 is 0 Å². The van der Waals surface area contributed by atoms with Crippen molar-refractivity contribution < 1.29 is 22.1 Å². The van der Waals surface area contributed by atoms with Crippen LogP contribution in [0.2, 0.25) is 0 Å². The third-order valence-electron chi connectivity index (χ3n) is 5.64. The summed E-state index contributed by atoms with van der Waals surface area (Å²) < 4.78 is 0. The van der Waals surface area contributed by atoms with Crippen molar-refractivity contribution >= 4 is 5.78 Å². The molecule has 4 heterocycles. The molecule has 3 aliphatic rings. The zero-order valence-corrected chi connectivity index (χ0v) is 14.5. The third kappa shape index (κ3) is 3.24. The molecule has 3 aliphatic heterocycles. The third-order valence-corrected chi connectivity index (χ3v) is 5.64. The van der Waals surface area contributed by atoms with Crippen LogP contribution >= 0.6 is 0 Å². The minimum atomic E-state index is -0.0980. The molecule has 24 heavy (non-hydrogen) atoms. The Morgan fingerprint density at radius 2 is 1.75 bits per heavy atom. The molecule has 5 rings (SSSR count). The fourth-order valence-electron chi connectivity index (χ4n) is 4.46. The van der Waals surface area contributed by atoms with Crippen LogP contribution in [0.25, 0.3) is 0 Å². The second-order valence-electron chi connectivity index (χ2n) is 6.92. The largest absolute Gasteiger partial charge is 1.00 e. The molecule has 126 valence electrons. The van der Waals surface area contributed by atoms with E-state index in [9.17, 15) is 4.79 Å². The topological polar surface area (TPSA) is 34.4 Å². The van der Waals surface area contributed by atoms with Crippen LogP contribution in [-0.4, -0.2) is 30.4 Å². The monoisotopic (exact) mass is 342 g/mol. The van der Waals surface area contributed by atoms with E-state index in [1.807, 2.05) is 54.7 Å². The molecule has 3 nitrogen and oxygen atoms in total. The molecule has 2 unspecified atom stereocenters. The lowest BCUT2D eigenvalue weighted by Gasteiger charge is -2.44. The maximum atomic E-state index is 13.3. The van der Waals surface area contributed by atoms with Gasteiger partial charge in [-0.15, -0.1) is 0 Å². The number of halogens is 1. The fraction of sp³-hybridized carbons (Fsp3) is 0.400. The molecule has 1 N–H and O–H groups in total. The van der Waals surface area contributed by atoms with Gasteiger partial charge in [0.05, 0.1) is 31.2 Å². The summed E-state index contributed by atoms with van der Waals surface area (Å²) in [7, 11) is 0. The van der Waals surface area contributed by atoms with Crippen molar-refractivity contribution in [2.24, 2.45) is 11.8 Å². The number of carbonyl (C=O) groups excluding carboxylic acids is 1. The summed E-state index contributed by atoms with van der Waals surface area (Å²) >= 11 is 0. The highest BCUT2D eigenvalue weighted by molar-refractivity contribution is 6.01. The molecule has 2 atom stereocenters. The van der Waals surface area contributed by atoms with Crippen molar-refractivity contribution in [3.05, 3.63) is 66.0 Å². The number of nitrogens with one attached hydrogen (secondary N) is 1. The van der Waals surface area contributed by atoms with Gasteiger partial charge < -0.3 is 17.3 Å². The highest BCUT2D eigenvalue weighted by atomic mass is 35.5. The number of carbonyl (C=O) groups is 1. The first-order valence-electron chi connectivity index (χ1n) is 8.66. The van der Waals surface area contributed by atoms with Gasteiger partial charge in [0, 0.05) is 30.5 Å². The van der Waals surface area contributed by atoms with Crippen LogP contribution in [0.3, 0.4) is 0 Å². The van der Waals surface area contributed by atoms with Crippen LogP contribution < -0.4 is 17.3 Å². The number of Topliss-reactive ketones (excluding diaryl/α,β-unsaturated/α-hetero) is 1. The summed E-state index contributed by atoms with van der Waals surface area (Å²) in [5.74, 6) is 1.24. The Bertz CT molecular complexity index is 669. The van der Waals surface area contributed by atoms with Crippen LogP contribution in [0.1, 0.15) is 34.8 Å². The molecular weight excluding hydrogens is 320 g/mol. The van der Waals surface area contributed by atoms with Gasteiger partial charge in [-0.05, 0) is 18.1 Å². The molecule has 2 bridgehead atoms. The summed E-state index contributed by atoms with van der Waals surface area (Å²) in [5, 5.41) is 0. The van der Waals surface area contributed by atoms with E-state index in [2.05, 4.69) is 4.98 Å². The number of benzene rings is 1. The molecule has 1 aromatic carbocycles. The second kappa shape index (κ2) is 7.45. The SMILES string of the molecule is O=C(c1ccccc1)C(c1ccccn1)C1C[NH+]2CCC1CC2.[Cl-]. The number of piperidine rings is 3. The van der Waals surface area contributed by atoms with Crippen LogP contribution in [0.15, 0.2) is 54.7 Å². The highest BCUT2D eigenvalue weighted by Gasteiger charge is 2.45. The van der Waals surface area contributed by atoms with Crippen molar-refractivity contribution in [1.29, 1.82) is 0 Å². The summed E-state index contributed by atoms with van der Waals surface area (Å²) in [6.45, 7) is 3.66. The minimum absolute atomic E-state index is 0. The van der Waals surface area contributed by atoms with E-state index in [4.69, 9.17) is 0 Å². The number of fused-ring (bicyclic) bond motifs is 3. The molecule has 3 saturated heterocycles. The molecule has 0 amide bonds. The van der Waals surface area contributed by atoms with Crippen molar-refractivity contribution in [2.75, 3.05) is 19.6 Å². The number of quaternary nitrogens is 1. The lowest BCUT2D eigenvalue weighted by atomic mass is 9.69. The number of rotatable bonds is 4. The van der Waals surface area contributed by atoms with Gasteiger partial charge in [0.25, 0.3) is 0 Å². The number of aromatic nitrogens is 1. The Morgan fingerprint density at radius 1 is 1.04 bits per heavy atom. The Balaban J connectivity index is 0.00000169. The predicted octanol–water partition coefficient (Wildman–Crippen LogP) is -1.02. The van der Waals surface area contributed by atoms with Gasteiger partial charge >= 0.3 is 0 Å². The fourth-order valence-corrected chi connectivity index (χ4v) is 4.46. The molecule has 0 saturated carbocycles. The maximum Gasteiger partial charge on any atom is 0.172 e. The van der Waals surface area contributed by atoms with Gasteiger partial charge in [-0.3, -0.25) is 9.78 Å². The van der Waals surface area contributed by atoms with Gasteiger partial charge in [-0.1, -0.05) is 36.4 Å². The van der Waals surface area contributed by atoms with Gasteiger partial charge in [-0.25, -0.2) is 0 Å². The first-order valence-corrected chi connectivity index (χ1v) is 8.66. The minimum Gasteiger partial charge on any atom is -1.00 e. The normalized spacial score (nSPS) is 26.4. The summed E-state index contributed by atoms with van der Waals surface area (Å²) in [4.78, 5) is 19.5. The molecule has 4 heteroatoms.